The lowest BCUT2D eigenvalue weighted by Gasteiger charge is -2.20. The predicted octanol–water partition coefficient (Wildman–Crippen LogP) is -3.10. The maximum Gasteiger partial charge on any atom is 0.469 e. The maximum absolute atomic E-state index is 10.3. The van der Waals surface area contributed by atoms with Gasteiger partial charge >= 0.3 is 7.82 Å². The van der Waals surface area contributed by atoms with E-state index < -0.39 is 45.1 Å². The topological polar surface area (TPSA) is 157 Å². The molecule has 0 spiro atoms. The number of rotatable bonds is 4. The number of phosphoric acid groups is 1. The number of aliphatic hydroxyl groups is 4. The molecule has 0 saturated carbocycles. The highest BCUT2D eigenvalue weighted by Crippen LogP contribution is 2.36. The minimum Gasteiger partial charge on any atom is -0.388 e. The van der Waals surface area contributed by atoms with Crippen molar-refractivity contribution in [3.05, 3.63) is 0 Å². The molecule has 1 unspecified atom stereocenters. The Bertz CT molecular complexity index is 277. The summed E-state index contributed by atoms with van der Waals surface area (Å²) in [4.78, 5) is 16.7. The normalized spacial score (nSPS) is 37.6. The average molecular weight is 260 g/mol. The minimum absolute atomic E-state index is 0.800. The summed E-state index contributed by atoms with van der Waals surface area (Å²) in [5, 5.41) is 36.7. The molecule has 1 aliphatic heterocycles. The summed E-state index contributed by atoms with van der Waals surface area (Å²) in [7, 11) is -4.73. The highest BCUT2D eigenvalue weighted by Gasteiger charge is 2.45. The SMILES string of the molecule is O=P(O)(O)OC[C@@H](O)[C@@H]1OC(O)[C@H](O)[C@H]1O. The highest BCUT2D eigenvalue weighted by molar-refractivity contribution is 7.46. The number of ether oxygens (including phenoxy) is 1. The van der Waals surface area contributed by atoms with Crippen LogP contribution in [0.1, 0.15) is 0 Å². The summed E-state index contributed by atoms with van der Waals surface area (Å²) in [5.41, 5.74) is 0. The van der Waals surface area contributed by atoms with Gasteiger partial charge in [-0.3, -0.25) is 4.52 Å². The Balaban J connectivity index is 2.49. The molecule has 6 N–H and O–H groups in total. The molecule has 1 aliphatic rings. The minimum atomic E-state index is -4.73. The van der Waals surface area contributed by atoms with Crippen LogP contribution in [0.25, 0.3) is 0 Å². The summed E-state index contributed by atoms with van der Waals surface area (Å²) in [5.74, 6) is 0. The van der Waals surface area contributed by atoms with Crippen LogP contribution in [0.4, 0.5) is 0 Å². The summed E-state index contributed by atoms with van der Waals surface area (Å²) in [6.45, 7) is -0.800. The Morgan fingerprint density at radius 2 is 1.81 bits per heavy atom. The van der Waals surface area contributed by atoms with Crippen LogP contribution in [0, 0.1) is 0 Å². The van der Waals surface area contributed by atoms with E-state index in [1.54, 1.807) is 0 Å². The molecule has 0 aromatic rings. The summed E-state index contributed by atoms with van der Waals surface area (Å²) >= 11 is 0. The number of hydrogen-bond donors (Lipinski definition) is 6. The van der Waals surface area contributed by atoms with E-state index in [9.17, 15) is 14.8 Å². The second-order valence-electron chi connectivity index (χ2n) is 3.33. The fourth-order valence-electron chi connectivity index (χ4n) is 1.27. The molecule has 0 aromatic carbocycles. The molecule has 96 valence electrons. The van der Waals surface area contributed by atoms with Gasteiger partial charge < -0.3 is 34.9 Å². The van der Waals surface area contributed by atoms with Crippen molar-refractivity contribution in [2.75, 3.05) is 6.61 Å². The Morgan fingerprint density at radius 1 is 1.25 bits per heavy atom. The first-order valence-corrected chi connectivity index (χ1v) is 5.83. The van der Waals surface area contributed by atoms with Crippen molar-refractivity contribution in [1.82, 2.24) is 0 Å². The van der Waals surface area contributed by atoms with Gasteiger partial charge in [0.05, 0.1) is 6.61 Å². The molecule has 0 bridgehead atoms. The number of phosphoric ester groups is 1. The van der Waals surface area contributed by atoms with E-state index in [1.165, 1.54) is 0 Å². The lowest BCUT2D eigenvalue weighted by atomic mass is 10.1. The van der Waals surface area contributed by atoms with E-state index in [1.807, 2.05) is 0 Å². The standard InChI is InChI=1S/C6H13O9P/c7-2(1-14-16(11,12)13)5-3(8)4(9)6(10)15-5/h2-10H,1H2,(H2,11,12,13)/t2-,3-,4-,5+,6?/m1/s1. The second kappa shape index (κ2) is 5.05. The molecule has 16 heavy (non-hydrogen) atoms. The van der Waals surface area contributed by atoms with Crippen LogP contribution in [0.2, 0.25) is 0 Å². The van der Waals surface area contributed by atoms with Crippen molar-refractivity contribution in [1.29, 1.82) is 0 Å². The van der Waals surface area contributed by atoms with Crippen LogP contribution in [-0.4, -0.2) is 67.5 Å². The smallest absolute Gasteiger partial charge is 0.388 e. The van der Waals surface area contributed by atoms with Gasteiger partial charge in [-0.05, 0) is 0 Å². The molecule has 9 nitrogen and oxygen atoms in total. The number of aliphatic hydroxyl groups excluding tert-OH is 4. The van der Waals surface area contributed by atoms with Crippen molar-refractivity contribution in [2.24, 2.45) is 0 Å². The third-order valence-electron chi connectivity index (χ3n) is 2.07. The first-order chi connectivity index (χ1) is 7.22. The van der Waals surface area contributed by atoms with Crippen molar-refractivity contribution >= 4 is 7.82 Å². The van der Waals surface area contributed by atoms with Crippen molar-refractivity contribution < 1.29 is 44.0 Å². The van der Waals surface area contributed by atoms with E-state index in [2.05, 4.69) is 9.26 Å². The van der Waals surface area contributed by atoms with Gasteiger partial charge in [-0.1, -0.05) is 0 Å². The number of hydrogen-bond acceptors (Lipinski definition) is 7. The van der Waals surface area contributed by atoms with Gasteiger partial charge in [0.25, 0.3) is 0 Å². The predicted molar refractivity (Wildman–Crippen MR) is 46.9 cm³/mol. The zero-order valence-electron chi connectivity index (χ0n) is 7.95. The van der Waals surface area contributed by atoms with E-state index in [4.69, 9.17) is 20.0 Å². The summed E-state index contributed by atoms with van der Waals surface area (Å²) in [6, 6.07) is 0. The van der Waals surface area contributed by atoms with Gasteiger partial charge in [0, 0.05) is 0 Å². The molecule has 5 atom stereocenters. The molecule has 0 aliphatic carbocycles. The summed E-state index contributed by atoms with van der Waals surface area (Å²) in [6.07, 6.45) is -7.78. The largest absolute Gasteiger partial charge is 0.469 e. The maximum atomic E-state index is 10.3. The Hall–Kier alpha value is -0.0900. The first-order valence-electron chi connectivity index (χ1n) is 4.30. The van der Waals surface area contributed by atoms with E-state index in [0.717, 1.165) is 0 Å². The summed E-state index contributed by atoms with van der Waals surface area (Å²) < 4.78 is 18.9. The first kappa shape index (κ1) is 14.0. The van der Waals surface area contributed by atoms with Gasteiger partial charge in [0.2, 0.25) is 0 Å². The monoisotopic (exact) mass is 260 g/mol. The lowest BCUT2D eigenvalue weighted by Crippen LogP contribution is -2.40. The van der Waals surface area contributed by atoms with Gasteiger partial charge in [-0.2, -0.15) is 0 Å². The van der Waals surface area contributed by atoms with Crippen LogP contribution in [0.5, 0.6) is 0 Å². The quantitative estimate of drug-likeness (QED) is 0.288. The lowest BCUT2D eigenvalue weighted by molar-refractivity contribution is -0.149. The van der Waals surface area contributed by atoms with E-state index >= 15 is 0 Å². The molecule has 1 fully saturated rings. The van der Waals surface area contributed by atoms with Crippen LogP contribution >= 0.6 is 7.82 Å². The van der Waals surface area contributed by atoms with Crippen LogP contribution in [-0.2, 0) is 13.8 Å². The zero-order chi connectivity index (χ0) is 12.5. The zero-order valence-corrected chi connectivity index (χ0v) is 8.84. The third kappa shape index (κ3) is 3.45. The highest BCUT2D eigenvalue weighted by atomic mass is 31.2. The molecule has 1 saturated heterocycles. The van der Waals surface area contributed by atoms with Gasteiger partial charge in [-0.15, -0.1) is 0 Å². The fraction of sp³-hybridized carbons (Fsp3) is 1.00. The van der Waals surface area contributed by atoms with Gasteiger partial charge in [-0.25, -0.2) is 4.57 Å². The Labute approximate surface area is 90.1 Å². The van der Waals surface area contributed by atoms with Gasteiger partial charge in [0.15, 0.2) is 6.29 Å². The fourth-order valence-corrected chi connectivity index (χ4v) is 1.62. The van der Waals surface area contributed by atoms with E-state index in [-0.39, 0.29) is 0 Å². The van der Waals surface area contributed by atoms with E-state index in [0.29, 0.717) is 0 Å². The Morgan fingerprint density at radius 3 is 2.19 bits per heavy atom. The molecule has 1 rings (SSSR count). The molecular formula is C6H13O9P. The van der Waals surface area contributed by atoms with Crippen molar-refractivity contribution in [3.8, 4) is 0 Å². The average Bonchev–Trinajstić information content (AvgIpc) is 2.41. The van der Waals surface area contributed by atoms with Crippen LogP contribution in [0.15, 0.2) is 0 Å². The van der Waals surface area contributed by atoms with Crippen LogP contribution in [0.3, 0.4) is 0 Å². The Kier molecular flexibility index (Phi) is 4.41. The van der Waals surface area contributed by atoms with Crippen LogP contribution < -0.4 is 0 Å². The second-order valence-corrected chi connectivity index (χ2v) is 4.57. The molecule has 10 heteroatoms. The molecule has 1 heterocycles. The van der Waals surface area contributed by atoms with Crippen molar-refractivity contribution in [3.63, 3.8) is 0 Å². The van der Waals surface area contributed by atoms with Gasteiger partial charge in [0.1, 0.15) is 24.4 Å². The molecule has 0 amide bonds. The molecule has 0 radical (unpaired) electrons. The molecule has 0 aromatic heterocycles. The van der Waals surface area contributed by atoms with Crippen molar-refractivity contribution in [2.45, 2.75) is 30.7 Å². The molecular weight excluding hydrogens is 247 g/mol. The third-order valence-corrected chi connectivity index (χ3v) is 2.55.